The van der Waals surface area contributed by atoms with Crippen LogP contribution in [0.2, 0.25) is 0 Å². The van der Waals surface area contributed by atoms with Crippen molar-refractivity contribution in [2.45, 2.75) is 25.9 Å². The minimum Gasteiger partial charge on any atom is -0.368 e. The molecular formula is C14H20N2O. The summed E-state index contributed by atoms with van der Waals surface area (Å²) in [7, 11) is 2.16. The van der Waals surface area contributed by atoms with Crippen LogP contribution in [0.25, 0.3) is 0 Å². The molecule has 0 radical (unpaired) electrons. The van der Waals surface area contributed by atoms with E-state index in [0.29, 0.717) is 12.1 Å². The summed E-state index contributed by atoms with van der Waals surface area (Å²) in [6.45, 7) is 6.41. The van der Waals surface area contributed by atoms with E-state index in [4.69, 9.17) is 0 Å². The lowest BCUT2D eigenvalue weighted by molar-refractivity contribution is 0.112. The Morgan fingerprint density at radius 3 is 2.35 bits per heavy atom. The highest BCUT2D eigenvalue weighted by Crippen LogP contribution is 2.23. The standard InChI is InChI=1S/C14H20N2O/c1-11-8-16(9-12(2)15(11)3)14-7-5-4-6-13(14)10-17/h4-7,10-12H,8-9H2,1-3H3. The van der Waals surface area contributed by atoms with Gasteiger partial charge in [-0.3, -0.25) is 9.69 Å². The minimum atomic E-state index is 0.512. The fraction of sp³-hybridized carbons (Fsp3) is 0.500. The largest absolute Gasteiger partial charge is 0.368 e. The average molecular weight is 232 g/mol. The SMILES string of the molecule is CC1CN(c2ccccc2C=O)CC(C)N1C. The fourth-order valence-electron chi connectivity index (χ4n) is 2.48. The lowest BCUT2D eigenvalue weighted by Crippen LogP contribution is -2.55. The maximum atomic E-state index is 11.1. The summed E-state index contributed by atoms with van der Waals surface area (Å²) in [4.78, 5) is 15.8. The van der Waals surface area contributed by atoms with Crippen LogP contribution in [0.4, 0.5) is 5.69 Å². The number of para-hydroxylation sites is 1. The van der Waals surface area contributed by atoms with E-state index in [9.17, 15) is 4.79 Å². The van der Waals surface area contributed by atoms with E-state index in [1.54, 1.807) is 0 Å². The molecule has 92 valence electrons. The van der Waals surface area contributed by atoms with E-state index in [0.717, 1.165) is 30.6 Å². The van der Waals surface area contributed by atoms with Crippen molar-refractivity contribution in [1.82, 2.24) is 4.90 Å². The van der Waals surface area contributed by atoms with Crippen molar-refractivity contribution < 1.29 is 4.79 Å². The second kappa shape index (κ2) is 4.88. The molecule has 2 atom stereocenters. The van der Waals surface area contributed by atoms with Gasteiger partial charge in [0, 0.05) is 36.4 Å². The normalized spacial score (nSPS) is 25.9. The number of likely N-dealkylation sites (N-methyl/N-ethyl adjacent to an activating group) is 1. The summed E-state index contributed by atoms with van der Waals surface area (Å²) in [5, 5.41) is 0. The van der Waals surface area contributed by atoms with Crippen molar-refractivity contribution in [3.05, 3.63) is 29.8 Å². The van der Waals surface area contributed by atoms with Crippen molar-refractivity contribution in [1.29, 1.82) is 0 Å². The number of hydrogen-bond donors (Lipinski definition) is 0. The van der Waals surface area contributed by atoms with Gasteiger partial charge in [-0.25, -0.2) is 0 Å². The number of carbonyl (C=O) groups is 1. The van der Waals surface area contributed by atoms with Crippen LogP contribution >= 0.6 is 0 Å². The second-order valence-electron chi connectivity index (χ2n) is 4.95. The van der Waals surface area contributed by atoms with E-state index < -0.39 is 0 Å². The number of piperazine rings is 1. The quantitative estimate of drug-likeness (QED) is 0.729. The third-order valence-electron chi connectivity index (χ3n) is 3.76. The molecule has 0 saturated carbocycles. The zero-order valence-electron chi connectivity index (χ0n) is 10.8. The Balaban J connectivity index is 2.25. The summed E-state index contributed by atoms with van der Waals surface area (Å²) >= 11 is 0. The average Bonchev–Trinajstić information content (AvgIpc) is 2.35. The van der Waals surface area contributed by atoms with Crippen LogP contribution < -0.4 is 4.90 Å². The van der Waals surface area contributed by atoms with Gasteiger partial charge in [-0.15, -0.1) is 0 Å². The van der Waals surface area contributed by atoms with Gasteiger partial charge in [0.2, 0.25) is 0 Å². The summed E-state index contributed by atoms with van der Waals surface area (Å²) in [6, 6.07) is 8.85. The number of carbonyl (C=O) groups excluding carboxylic acids is 1. The summed E-state index contributed by atoms with van der Waals surface area (Å²) < 4.78 is 0. The first-order valence-electron chi connectivity index (χ1n) is 6.14. The predicted octanol–water partition coefficient (Wildman–Crippen LogP) is 2.03. The molecule has 1 fully saturated rings. The molecule has 1 aliphatic rings. The van der Waals surface area contributed by atoms with Gasteiger partial charge in [0.15, 0.2) is 6.29 Å². The number of aldehydes is 1. The Morgan fingerprint density at radius 2 is 1.76 bits per heavy atom. The highest BCUT2D eigenvalue weighted by molar-refractivity contribution is 5.84. The molecule has 1 aromatic rings. The molecule has 1 saturated heterocycles. The second-order valence-corrected chi connectivity index (χ2v) is 4.95. The van der Waals surface area contributed by atoms with E-state index in [1.165, 1.54) is 0 Å². The van der Waals surface area contributed by atoms with Gasteiger partial charge in [0.05, 0.1) is 0 Å². The van der Waals surface area contributed by atoms with Crippen molar-refractivity contribution >= 4 is 12.0 Å². The summed E-state index contributed by atoms with van der Waals surface area (Å²) in [5.74, 6) is 0. The van der Waals surface area contributed by atoms with Crippen LogP contribution in [0.1, 0.15) is 24.2 Å². The molecule has 1 heterocycles. The number of nitrogens with zero attached hydrogens (tertiary/aromatic N) is 2. The number of hydrogen-bond acceptors (Lipinski definition) is 3. The third-order valence-corrected chi connectivity index (χ3v) is 3.76. The van der Waals surface area contributed by atoms with Crippen LogP contribution in [-0.4, -0.2) is 43.4 Å². The van der Waals surface area contributed by atoms with Crippen molar-refractivity contribution in [3.8, 4) is 0 Å². The Bertz CT molecular complexity index is 393. The molecule has 1 aliphatic heterocycles. The van der Waals surface area contributed by atoms with Crippen molar-refractivity contribution in [2.24, 2.45) is 0 Å². The topological polar surface area (TPSA) is 23.6 Å². The van der Waals surface area contributed by atoms with Crippen LogP contribution in [0.5, 0.6) is 0 Å². The molecule has 0 bridgehead atoms. The molecule has 17 heavy (non-hydrogen) atoms. The maximum absolute atomic E-state index is 11.1. The summed E-state index contributed by atoms with van der Waals surface area (Å²) in [6.07, 6.45) is 0.947. The van der Waals surface area contributed by atoms with E-state index in [1.807, 2.05) is 24.3 Å². The Hall–Kier alpha value is -1.35. The first kappa shape index (κ1) is 12.1. The lowest BCUT2D eigenvalue weighted by atomic mass is 10.1. The molecule has 2 rings (SSSR count). The molecule has 2 unspecified atom stereocenters. The van der Waals surface area contributed by atoms with Gasteiger partial charge < -0.3 is 4.90 Å². The Kier molecular flexibility index (Phi) is 3.48. The smallest absolute Gasteiger partial charge is 0.152 e. The van der Waals surface area contributed by atoms with Crippen LogP contribution in [-0.2, 0) is 0 Å². The predicted molar refractivity (Wildman–Crippen MR) is 70.7 cm³/mol. The van der Waals surface area contributed by atoms with Gasteiger partial charge in [-0.05, 0) is 33.0 Å². The first-order valence-corrected chi connectivity index (χ1v) is 6.14. The van der Waals surface area contributed by atoms with E-state index in [-0.39, 0.29) is 0 Å². The number of rotatable bonds is 2. The molecule has 0 spiro atoms. The van der Waals surface area contributed by atoms with Gasteiger partial charge in [0.1, 0.15) is 0 Å². The highest BCUT2D eigenvalue weighted by Gasteiger charge is 2.27. The zero-order chi connectivity index (χ0) is 12.4. The minimum absolute atomic E-state index is 0.512. The third kappa shape index (κ3) is 2.34. The van der Waals surface area contributed by atoms with Crippen LogP contribution in [0.15, 0.2) is 24.3 Å². The van der Waals surface area contributed by atoms with E-state index >= 15 is 0 Å². The van der Waals surface area contributed by atoms with Gasteiger partial charge in [-0.1, -0.05) is 12.1 Å². The first-order chi connectivity index (χ1) is 8.13. The van der Waals surface area contributed by atoms with Crippen molar-refractivity contribution in [3.63, 3.8) is 0 Å². The Labute approximate surface area is 103 Å². The molecule has 1 aromatic carbocycles. The van der Waals surface area contributed by atoms with Crippen LogP contribution in [0, 0.1) is 0 Å². The zero-order valence-corrected chi connectivity index (χ0v) is 10.8. The van der Waals surface area contributed by atoms with Gasteiger partial charge in [0.25, 0.3) is 0 Å². The maximum Gasteiger partial charge on any atom is 0.152 e. The molecule has 3 nitrogen and oxygen atoms in total. The summed E-state index contributed by atoms with van der Waals surface area (Å²) in [5.41, 5.74) is 1.85. The molecule has 3 heteroatoms. The fourth-order valence-corrected chi connectivity index (χ4v) is 2.48. The highest BCUT2D eigenvalue weighted by atomic mass is 16.1. The van der Waals surface area contributed by atoms with Crippen LogP contribution in [0.3, 0.4) is 0 Å². The monoisotopic (exact) mass is 232 g/mol. The van der Waals surface area contributed by atoms with Gasteiger partial charge >= 0.3 is 0 Å². The molecular weight excluding hydrogens is 212 g/mol. The Morgan fingerprint density at radius 1 is 1.18 bits per heavy atom. The number of anilines is 1. The molecule has 0 aliphatic carbocycles. The van der Waals surface area contributed by atoms with Gasteiger partial charge in [-0.2, -0.15) is 0 Å². The molecule has 0 N–H and O–H groups in total. The lowest BCUT2D eigenvalue weighted by Gasteiger charge is -2.43. The molecule has 0 amide bonds. The van der Waals surface area contributed by atoms with E-state index in [2.05, 4.69) is 30.7 Å². The number of benzene rings is 1. The van der Waals surface area contributed by atoms with Crippen molar-refractivity contribution in [2.75, 3.05) is 25.0 Å². The molecule has 0 aromatic heterocycles.